The van der Waals surface area contributed by atoms with Crippen LogP contribution in [0.25, 0.3) is 0 Å². The SMILES string of the molecule is CCN(Cc1ccccc1)c1ccc(C=NNS(=O)(=O)c2cc(C)ccc2C)cc1. The Labute approximate surface area is 179 Å². The molecule has 156 valence electrons. The predicted octanol–water partition coefficient (Wildman–Crippen LogP) is 4.64. The molecule has 0 aliphatic heterocycles. The van der Waals surface area contributed by atoms with E-state index in [2.05, 4.69) is 33.9 Å². The second-order valence-electron chi connectivity index (χ2n) is 7.21. The van der Waals surface area contributed by atoms with Gasteiger partial charge in [-0.25, -0.2) is 4.83 Å². The van der Waals surface area contributed by atoms with Crippen molar-refractivity contribution in [1.82, 2.24) is 4.83 Å². The smallest absolute Gasteiger partial charge is 0.276 e. The lowest BCUT2D eigenvalue weighted by atomic mass is 10.1. The molecule has 30 heavy (non-hydrogen) atoms. The monoisotopic (exact) mass is 421 g/mol. The van der Waals surface area contributed by atoms with Crippen LogP contribution in [0.5, 0.6) is 0 Å². The number of anilines is 1. The van der Waals surface area contributed by atoms with Crippen LogP contribution in [-0.2, 0) is 16.6 Å². The summed E-state index contributed by atoms with van der Waals surface area (Å²) in [5.74, 6) is 0. The van der Waals surface area contributed by atoms with Crippen molar-refractivity contribution in [2.24, 2.45) is 5.10 Å². The Balaban J connectivity index is 1.67. The van der Waals surface area contributed by atoms with Crippen LogP contribution in [0, 0.1) is 13.8 Å². The standard InChI is InChI=1S/C24H27N3O2S/c1-4-27(18-22-8-6-5-7-9-22)23-14-12-21(13-15-23)17-25-26-30(28,29)24-16-19(2)10-11-20(24)3/h5-17,26H,4,18H2,1-3H3. The van der Waals surface area contributed by atoms with E-state index in [0.29, 0.717) is 5.56 Å². The van der Waals surface area contributed by atoms with Gasteiger partial charge in [-0.1, -0.05) is 54.6 Å². The summed E-state index contributed by atoms with van der Waals surface area (Å²) in [7, 11) is -3.70. The molecule has 0 heterocycles. The number of hydrazone groups is 1. The van der Waals surface area contributed by atoms with E-state index < -0.39 is 10.0 Å². The van der Waals surface area contributed by atoms with Crippen LogP contribution in [-0.4, -0.2) is 21.2 Å². The number of aryl methyl sites for hydroxylation is 2. The zero-order valence-corrected chi connectivity index (χ0v) is 18.4. The van der Waals surface area contributed by atoms with Gasteiger partial charge in [0.1, 0.15) is 0 Å². The van der Waals surface area contributed by atoms with Gasteiger partial charge in [-0.05, 0) is 61.2 Å². The summed E-state index contributed by atoms with van der Waals surface area (Å²) in [4.78, 5) is 4.83. The van der Waals surface area contributed by atoms with Gasteiger partial charge in [-0.3, -0.25) is 0 Å². The molecule has 0 fully saturated rings. The first-order valence-corrected chi connectivity index (χ1v) is 11.4. The average molecular weight is 422 g/mol. The molecular formula is C24H27N3O2S. The van der Waals surface area contributed by atoms with Crippen molar-refractivity contribution in [2.45, 2.75) is 32.2 Å². The number of rotatable bonds is 8. The molecule has 0 saturated heterocycles. The van der Waals surface area contributed by atoms with Gasteiger partial charge in [0.2, 0.25) is 0 Å². The van der Waals surface area contributed by atoms with Crippen LogP contribution < -0.4 is 9.73 Å². The third kappa shape index (κ3) is 5.48. The van der Waals surface area contributed by atoms with Crippen LogP contribution in [0.4, 0.5) is 5.69 Å². The maximum Gasteiger partial charge on any atom is 0.276 e. The van der Waals surface area contributed by atoms with Gasteiger partial charge >= 0.3 is 0 Å². The molecule has 6 heteroatoms. The second kappa shape index (κ2) is 9.59. The predicted molar refractivity (Wildman–Crippen MR) is 123 cm³/mol. The first kappa shape index (κ1) is 21.6. The lowest BCUT2D eigenvalue weighted by molar-refractivity contribution is 0.584. The summed E-state index contributed by atoms with van der Waals surface area (Å²) in [5.41, 5.74) is 4.75. The molecule has 0 aliphatic carbocycles. The van der Waals surface area contributed by atoms with Crippen LogP contribution in [0.3, 0.4) is 0 Å². The van der Waals surface area contributed by atoms with Crippen molar-refractivity contribution >= 4 is 21.9 Å². The van der Waals surface area contributed by atoms with E-state index in [1.807, 2.05) is 55.5 Å². The van der Waals surface area contributed by atoms with Gasteiger partial charge in [-0.15, -0.1) is 0 Å². The van der Waals surface area contributed by atoms with Crippen molar-refractivity contribution in [3.63, 3.8) is 0 Å². The normalized spacial score (nSPS) is 11.6. The first-order valence-electron chi connectivity index (χ1n) is 9.90. The maximum absolute atomic E-state index is 12.5. The highest BCUT2D eigenvalue weighted by molar-refractivity contribution is 7.89. The fourth-order valence-electron chi connectivity index (χ4n) is 3.18. The van der Waals surface area contributed by atoms with E-state index in [9.17, 15) is 8.42 Å². The Bertz CT molecular complexity index is 1110. The number of nitrogens with one attached hydrogen (secondary N) is 1. The Hall–Kier alpha value is -3.12. The lowest BCUT2D eigenvalue weighted by Crippen LogP contribution is -2.21. The van der Waals surface area contributed by atoms with Gasteiger partial charge in [0.15, 0.2) is 0 Å². The van der Waals surface area contributed by atoms with Gasteiger partial charge in [-0.2, -0.15) is 13.5 Å². The molecule has 0 saturated carbocycles. The maximum atomic E-state index is 12.5. The summed E-state index contributed by atoms with van der Waals surface area (Å²) in [6.45, 7) is 7.48. The molecule has 0 amide bonds. The lowest BCUT2D eigenvalue weighted by Gasteiger charge is -2.23. The van der Waals surface area contributed by atoms with E-state index in [-0.39, 0.29) is 4.90 Å². The third-order valence-corrected chi connectivity index (χ3v) is 6.24. The van der Waals surface area contributed by atoms with Crippen molar-refractivity contribution in [3.05, 3.63) is 95.1 Å². The van der Waals surface area contributed by atoms with Crippen molar-refractivity contribution in [2.75, 3.05) is 11.4 Å². The summed E-state index contributed by atoms with van der Waals surface area (Å²) in [6, 6.07) is 23.6. The molecule has 3 aromatic carbocycles. The summed E-state index contributed by atoms with van der Waals surface area (Å²) < 4.78 is 25.0. The minimum absolute atomic E-state index is 0.245. The van der Waals surface area contributed by atoms with Crippen molar-refractivity contribution in [3.8, 4) is 0 Å². The molecular weight excluding hydrogens is 394 g/mol. The van der Waals surface area contributed by atoms with Gasteiger partial charge in [0, 0.05) is 18.8 Å². The third-order valence-electron chi connectivity index (χ3n) is 4.88. The Morgan fingerprint density at radius 3 is 2.33 bits per heavy atom. The number of hydrogen-bond acceptors (Lipinski definition) is 4. The minimum Gasteiger partial charge on any atom is -0.367 e. The van der Waals surface area contributed by atoms with Gasteiger partial charge < -0.3 is 4.90 Å². The second-order valence-corrected chi connectivity index (χ2v) is 8.84. The molecule has 0 bridgehead atoms. The van der Waals surface area contributed by atoms with Gasteiger partial charge in [0.05, 0.1) is 11.1 Å². The van der Waals surface area contributed by atoms with Gasteiger partial charge in [0.25, 0.3) is 10.0 Å². The fraction of sp³-hybridized carbons (Fsp3) is 0.208. The van der Waals surface area contributed by atoms with Crippen molar-refractivity contribution in [1.29, 1.82) is 0 Å². The van der Waals surface area contributed by atoms with Crippen LogP contribution >= 0.6 is 0 Å². The topological polar surface area (TPSA) is 61.8 Å². The molecule has 0 spiro atoms. The molecule has 0 aliphatic rings. The highest BCUT2D eigenvalue weighted by Crippen LogP contribution is 2.18. The zero-order valence-electron chi connectivity index (χ0n) is 17.5. The van der Waals surface area contributed by atoms with Crippen molar-refractivity contribution < 1.29 is 8.42 Å². The summed E-state index contributed by atoms with van der Waals surface area (Å²) >= 11 is 0. The van der Waals surface area contributed by atoms with E-state index in [4.69, 9.17) is 0 Å². The van der Waals surface area contributed by atoms with E-state index in [1.165, 1.54) is 11.8 Å². The molecule has 0 aromatic heterocycles. The number of sulfonamides is 1. The number of nitrogens with zero attached hydrogens (tertiary/aromatic N) is 2. The Kier molecular flexibility index (Phi) is 6.90. The molecule has 0 atom stereocenters. The highest BCUT2D eigenvalue weighted by atomic mass is 32.2. The van der Waals surface area contributed by atoms with Crippen LogP contribution in [0.15, 0.2) is 82.8 Å². The molecule has 1 N–H and O–H groups in total. The van der Waals surface area contributed by atoms with E-state index >= 15 is 0 Å². The Morgan fingerprint density at radius 2 is 1.67 bits per heavy atom. The Morgan fingerprint density at radius 1 is 0.967 bits per heavy atom. The molecule has 3 rings (SSSR count). The zero-order chi connectivity index (χ0) is 21.6. The average Bonchev–Trinajstić information content (AvgIpc) is 2.75. The molecule has 3 aromatic rings. The summed E-state index contributed by atoms with van der Waals surface area (Å²) in [5, 5.41) is 3.95. The summed E-state index contributed by atoms with van der Waals surface area (Å²) in [6.07, 6.45) is 1.51. The molecule has 0 radical (unpaired) electrons. The molecule has 0 unspecified atom stereocenters. The quantitative estimate of drug-likeness (QED) is 0.426. The van der Waals surface area contributed by atoms with E-state index in [0.717, 1.165) is 29.9 Å². The fourth-order valence-corrected chi connectivity index (χ4v) is 4.30. The van der Waals surface area contributed by atoms with Crippen LogP contribution in [0.1, 0.15) is 29.2 Å². The molecule has 5 nitrogen and oxygen atoms in total. The number of hydrogen-bond donors (Lipinski definition) is 1. The van der Waals surface area contributed by atoms with Crippen LogP contribution in [0.2, 0.25) is 0 Å². The largest absolute Gasteiger partial charge is 0.367 e. The minimum atomic E-state index is -3.70. The number of benzene rings is 3. The van der Waals surface area contributed by atoms with E-state index in [1.54, 1.807) is 19.1 Å². The first-order chi connectivity index (χ1) is 14.4. The highest BCUT2D eigenvalue weighted by Gasteiger charge is 2.15.